The van der Waals surface area contributed by atoms with Gasteiger partial charge in [-0.3, -0.25) is 9.59 Å². The number of carbonyl (C=O) groups excluding carboxylic acids is 2. The average molecular weight is 458 g/mol. The Bertz CT molecular complexity index is 1180. The number of nitrogens with one attached hydrogen (secondary N) is 1. The van der Waals surface area contributed by atoms with Gasteiger partial charge in [-0.25, -0.2) is 8.42 Å². The Balaban J connectivity index is 1.52. The van der Waals surface area contributed by atoms with Crippen molar-refractivity contribution in [3.05, 3.63) is 53.1 Å². The minimum absolute atomic E-state index is 0.0570. The van der Waals surface area contributed by atoms with Crippen LogP contribution in [0.25, 0.3) is 0 Å². The first-order valence-corrected chi connectivity index (χ1v) is 12.1. The lowest BCUT2D eigenvalue weighted by Crippen LogP contribution is -2.43. The van der Waals surface area contributed by atoms with Crippen LogP contribution in [0.15, 0.2) is 41.3 Å². The number of benzene rings is 2. The minimum atomic E-state index is -3.94. The molecule has 2 heterocycles. The molecule has 2 aromatic carbocycles. The number of sulfonamides is 1. The van der Waals surface area contributed by atoms with Gasteiger partial charge in [-0.2, -0.15) is 4.31 Å². The summed E-state index contributed by atoms with van der Waals surface area (Å²) in [5.41, 5.74) is 3.23. The van der Waals surface area contributed by atoms with Gasteiger partial charge < -0.3 is 15.0 Å². The average Bonchev–Trinajstić information content (AvgIpc) is 2.77. The van der Waals surface area contributed by atoms with Gasteiger partial charge in [0.15, 0.2) is 6.10 Å². The maximum atomic E-state index is 13.3. The van der Waals surface area contributed by atoms with Crippen LogP contribution >= 0.6 is 0 Å². The molecule has 1 atom stereocenters. The second kappa shape index (κ2) is 8.55. The van der Waals surface area contributed by atoms with Gasteiger partial charge >= 0.3 is 0 Å². The molecule has 0 aromatic heterocycles. The van der Waals surface area contributed by atoms with Gasteiger partial charge in [-0.15, -0.1) is 0 Å². The number of carbonyl (C=O) groups is 2. The molecule has 0 aliphatic carbocycles. The molecule has 0 radical (unpaired) electrons. The van der Waals surface area contributed by atoms with Gasteiger partial charge in [0.05, 0.1) is 17.1 Å². The number of hydrogen-bond donors (Lipinski definition) is 1. The fourth-order valence-corrected chi connectivity index (χ4v) is 5.42. The highest BCUT2D eigenvalue weighted by Gasteiger charge is 2.32. The Morgan fingerprint density at radius 1 is 1.25 bits per heavy atom. The lowest BCUT2D eigenvalue weighted by molar-refractivity contribution is -0.132. The van der Waals surface area contributed by atoms with E-state index in [1.165, 1.54) is 18.7 Å². The van der Waals surface area contributed by atoms with E-state index in [4.69, 9.17) is 4.74 Å². The van der Waals surface area contributed by atoms with E-state index in [2.05, 4.69) is 11.4 Å². The summed E-state index contributed by atoms with van der Waals surface area (Å²) in [4.78, 5) is 26.7. The van der Waals surface area contributed by atoms with Crippen LogP contribution in [0, 0.1) is 6.92 Å². The summed E-state index contributed by atoms with van der Waals surface area (Å²) in [6, 6.07) is 11.0. The van der Waals surface area contributed by atoms with Crippen molar-refractivity contribution in [3.8, 4) is 5.75 Å². The van der Waals surface area contributed by atoms with Gasteiger partial charge in [0.2, 0.25) is 15.9 Å². The van der Waals surface area contributed by atoms with Crippen LogP contribution in [0.1, 0.15) is 30.0 Å². The van der Waals surface area contributed by atoms with E-state index in [1.54, 1.807) is 17.9 Å². The zero-order chi connectivity index (χ0) is 23.0. The van der Waals surface area contributed by atoms with E-state index >= 15 is 0 Å². The van der Waals surface area contributed by atoms with Crippen LogP contribution in [0.2, 0.25) is 0 Å². The van der Waals surface area contributed by atoms with E-state index in [1.807, 2.05) is 25.1 Å². The number of aryl methyl sites for hydroxylation is 1. The fourth-order valence-electron chi connectivity index (χ4n) is 4.08. The summed E-state index contributed by atoms with van der Waals surface area (Å²) in [7, 11) is -2.54. The lowest BCUT2D eigenvalue weighted by atomic mass is 10.00. The van der Waals surface area contributed by atoms with Gasteiger partial charge in [0.25, 0.3) is 5.91 Å². The molecule has 2 aliphatic rings. The van der Waals surface area contributed by atoms with Crippen molar-refractivity contribution < 1.29 is 22.7 Å². The maximum absolute atomic E-state index is 13.3. The molecule has 2 aliphatic heterocycles. The monoisotopic (exact) mass is 457 g/mol. The second-order valence-electron chi connectivity index (χ2n) is 8.21. The highest BCUT2D eigenvalue weighted by Crippen LogP contribution is 2.35. The van der Waals surface area contributed by atoms with Crippen molar-refractivity contribution in [2.45, 2.75) is 44.2 Å². The number of fused-ring (bicyclic) bond motifs is 2. The first kappa shape index (κ1) is 22.3. The quantitative estimate of drug-likeness (QED) is 0.743. The van der Waals surface area contributed by atoms with Crippen LogP contribution in [-0.4, -0.2) is 55.7 Å². The number of hydrogen-bond acceptors (Lipinski definition) is 5. The van der Waals surface area contributed by atoms with Crippen molar-refractivity contribution in [2.24, 2.45) is 0 Å². The number of ether oxygens (including phenoxy) is 1. The zero-order valence-corrected chi connectivity index (χ0v) is 19.2. The third-order valence-corrected chi connectivity index (χ3v) is 7.94. The zero-order valence-electron chi connectivity index (χ0n) is 18.4. The number of nitrogens with zero attached hydrogens (tertiary/aromatic N) is 2. The van der Waals surface area contributed by atoms with Gasteiger partial charge in [-0.05, 0) is 42.5 Å². The third kappa shape index (κ3) is 4.10. The van der Waals surface area contributed by atoms with Crippen LogP contribution in [0.4, 0.5) is 5.69 Å². The molecule has 2 amide bonds. The molecule has 9 heteroatoms. The third-order valence-electron chi connectivity index (χ3n) is 6.00. The molecule has 2 aromatic rings. The molecule has 0 saturated heterocycles. The molecule has 0 saturated carbocycles. The molecule has 170 valence electrons. The summed E-state index contributed by atoms with van der Waals surface area (Å²) >= 11 is 0. The molecule has 0 bridgehead atoms. The minimum Gasteiger partial charge on any atom is -0.478 e. The summed E-state index contributed by atoms with van der Waals surface area (Å²) < 4.78 is 33.3. The highest BCUT2D eigenvalue weighted by atomic mass is 32.2. The number of likely N-dealkylation sites (N-methyl/N-ethyl adjacent to an activating group) is 1. The number of anilines is 1. The topological polar surface area (TPSA) is 96.0 Å². The normalized spacial score (nSPS) is 17.9. The molecule has 1 unspecified atom stereocenters. The van der Waals surface area contributed by atoms with Crippen molar-refractivity contribution in [2.75, 3.05) is 25.5 Å². The summed E-state index contributed by atoms with van der Waals surface area (Å²) in [5.74, 6) is -0.176. The SMILES string of the molecule is CCC1Oc2cc(S(=O)(=O)N(C)CC(=O)N3CCc4ccccc4C3)c(C)cc2NC1=O. The van der Waals surface area contributed by atoms with Crippen LogP contribution in [0.3, 0.4) is 0 Å². The standard InChI is InChI=1S/C23H27N3O5S/c1-4-19-23(28)24-18-11-15(2)21(12-20(18)31-19)32(29,30)25(3)14-22(27)26-10-9-16-7-5-6-8-17(16)13-26/h5-8,11-12,19H,4,9-10,13-14H2,1-3H3,(H,24,28). The summed E-state index contributed by atoms with van der Waals surface area (Å²) in [5, 5.41) is 2.76. The predicted molar refractivity (Wildman–Crippen MR) is 120 cm³/mol. The van der Waals surface area contributed by atoms with Crippen LogP contribution in [-0.2, 0) is 32.6 Å². The van der Waals surface area contributed by atoms with E-state index in [0.717, 1.165) is 16.3 Å². The summed E-state index contributed by atoms with van der Waals surface area (Å²) in [6.45, 7) is 4.26. The Labute approximate surface area is 188 Å². The molecular formula is C23H27N3O5S. The Kier molecular flexibility index (Phi) is 5.96. The van der Waals surface area contributed by atoms with Crippen LogP contribution in [0.5, 0.6) is 5.75 Å². The first-order chi connectivity index (χ1) is 15.2. The van der Waals surface area contributed by atoms with Crippen LogP contribution < -0.4 is 10.1 Å². The smallest absolute Gasteiger partial charge is 0.265 e. The maximum Gasteiger partial charge on any atom is 0.265 e. The van der Waals surface area contributed by atoms with Crippen molar-refractivity contribution in [3.63, 3.8) is 0 Å². The number of rotatable bonds is 5. The molecule has 0 spiro atoms. The van der Waals surface area contributed by atoms with E-state index in [9.17, 15) is 18.0 Å². The highest BCUT2D eigenvalue weighted by molar-refractivity contribution is 7.89. The van der Waals surface area contributed by atoms with Crippen molar-refractivity contribution in [1.29, 1.82) is 0 Å². The van der Waals surface area contributed by atoms with Crippen molar-refractivity contribution in [1.82, 2.24) is 9.21 Å². The lowest BCUT2D eigenvalue weighted by Gasteiger charge is -2.30. The number of amides is 2. The largest absolute Gasteiger partial charge is 0.478 e. The molecular weight excluding hydrogens is 430 g/mol. The molecule has 0 fully saturated rings. The Morgan fingerprint density at radius 2 is 1.97 bits per heavy atom. The predicted octanol–water partition coefficient (Wildman–Crippen LogP) is 2.31. The van der Waals surface area contributed by atoms with Gasteiger partial charge in [0.1, 0.15) is 5.75 Å². The second-order valence-corrected chi connectivity index (χ2v) is 10.2. The summed E-state index contributed by atoms with van der Waals surface area (Å²) in [6.07, 6.45) is 0.556. The van der Waals surface area contributed by atoms with E-state index in [0.29, 0.717) is 36.5 Å². The molecule has 8 nitrogen and oxygen atoms in total. The van der Waals surface area contributed by atoms with E-state index < -0.39 is 16.1 Å². The molecule has 1 N–H and O–H groups in total. The Morgan fingerprint density at radius 3 is 2.69 bits per heavy atom. The molecule has 4 rings (SSSR count). The first-order valence-electron chi connectivity index (χ1n) is 10.6. The van der Waals surface area contributed by atoms with Gasteiger partial charge in [-0.1, -0.05) is 31.2 Å². The molecule has 32 heavy (non-hydrogen) atoms. The van der Waals surface area contributed by atoms with E-state index in [-0.39, 0.29) is 23.3 Å². The van der Waals surface area contributed by atoms with Gasteiger partial charge in [0, 0.05) is 26.2 Å². The fraction of sp³-hybridized carbons (Fsp3) is 0.391. The Hall–Kier alpha value is -2.91. The van der Waals surface area contributed by atoms with Crippen molar-refractivity contribution >= 4 is 27.5 Å².